The Hall–Kier alpha value is -2.70. The van der Waals surface area contributed by atoms with Gasteiger partial charge in [0.25, 0.3) is 5.91 Å². The quantitative estimate of drug-likeness (QED) is 0.591. The molecule has 3 aliphatic rings. The van der Waals surface area contributed by atoms with Gasteiger partial charge in [-0.2, -0.15) is 0 Å². The van der Waals surface area contributed by atoms with Crippen molar-refractivity contribution in [1.82, 2.24) is 15.1 Å². The fourth-order valence-corrected chi connectivity index (χ4v) is 6.11. The standard InChI is InChI=1S/C31H42N4O2/c1-21-7-9-23(10-8-21)31(37)34-18-17-28(19-29(34)30(36)33-26-13-11-25(32)12-14-26)35(27-15-16-27)20-24-6-4-3-5-22(24)2/h3-10,25-29H,11-20,32H2,1-2H3,(H,33,36)/t25?,26?,28?,29-/m1/s1. The molecule has 0 bridgehead atoms. The second-order valence-corrected chi connectivity index (χ2v) is 11.5. The van der Waals surface area contributed by atoms with Crippen LogP contribution >= 0.6 is 0 Å². The van der Waals surface area contributed by atoms with E-state index in [1.54, 1.807) is 0 Å². The maximum absolute atomic E-state index is 13.8. The molecule has 0 aromatic heterocycles. The summed E-state index contributed by atoms with van der Waals surface area (Å²) in [5.74, 6) is -0.0431. The minimum atomic E-state index is -0.457. The molecule has 37 heavy (non-hydrogen) atoms. The first-order valence-electron chi connectivity index (χ1n) is 14.1. The SMILES string of the molecule is Cc1ccc(C(=O)N2CCC(N(Cc3ccccc3C)C3CC3)C[C@@H]2C(=O)NC2CCC(N)CC2)cc1. The van der Waals surface area contributed by atoms with Gasteiger partial charge < -0.3 is 16.0 Å². The van der Waals surface area contributed by atoms with E-state index < -0.39 is 6.04 Å². The summed E-state index contributed by atoms with van der Waals surface area (Å²) in [5.41, 5.74) is 10.5. The minimum Gasteiger partial charge on any atom is -0.352 e. The fraction of sp³-hybridized carbons (Fsp3) is 0.548. The van der Waals surface area contributed by atoms with Crippen molar-refractivity contribution in [3.63, 3.8) is 0 Å². The second kappa shape index (κ2) is 11.4. The van der Waals surface area contributed by atoms with Gasteiger partial charge in [0.15, 0.2) is 0 Å². The zero-order valence-electron chi connectivity index (χ0n) is 22.4. The van der Waals surface area contributed by atoms with Crippen molar-refractivity contribution in [2.45, 2.75) is 102 Å². The fourth-order valence-electron chi connectivity index (χ4n) is 6.11. The summed E-state index contributed by atoms with van der Waals surface area (Å²) in [6.07, 6.45) is 7.71. The van der Waals surface area contributed by atoms with Gasteiger partial charge in [-0.3, -0.25) is 14.5 Å². The Morgan fingerprint density at radius 3 is 2.30 bits per heavy atom. The van der Waals surface area contributed by atoms with Gasteiger partial charge in [0, 0.05) is 42.8 Å². The highest BCUT2D eigenvalue weighted by Crippen LogP contribution is 2.35. The molecule has 1 unspecified atom stereocenters. The van der Waals surface area contributed by atoms with E-state index in [1.807, 2.05) is 36.1 Å². The first kappa shape index (κ1) is 25.9. The smallest absolute Gasteiger partial charge is 0.254 e. The number of benzene rings is 2. The van der Waals surface area contributed by atoms with Crippen LogP contribution in [0.4, 0.5) is 0 Å². The minimum absolute atomic E-state index is 0.00253. The molecule has 6 heteroatoms. The van der Waals surface area contributed by atoms with Crippen LogP contribution in [-0.2, 0) is 11.3 Å². The summed E-state index contributed by atoms with van der Waals surface area (Å²) in [6, 6.07) is 17.1. The van der Waals surface area contributed by atoms with Crippen LogP contribution in [0.15, 0.2) is 48.5 Å². The average Bonchev–Trinajstić information content (AvgIpc) is 3.75. The van der Waals surface area contributed by atoms with Crippen molar-refractivity contribution in [2.75, 3.05) is 6.54 Å². The molecule has 3 N–H and O–H groups in total. The number of rotatable bonds is 7. The largest absolute Gasteiger partial charge is 0.352 e. The molecule has 0 radical (unpaired) electrons. The molecule has 1 aliphatic heterocycles. The normalized spacial score (nSPS) is 26.2. The lowest BCUT2D eigenvalue weighted by Gasteiger charge is -2.43. The van der Waals surface area contributed by atoms with Crippen molar-refractivity contribution in [3.8, 4) is 0 Å². The number of aryl methyl sites for hydroxylation is 2. The molecule has 1 saturated heterocycles. The maximum atomic E-state index is 13.8. The number of hydrogen-bond donors (Lipinski definition) is 2. The van der Waals surface area contributed by atoms with Gasteiger partial charge in [-0.15, -0.1) is 0 Å². The molecule has 5 rings (SSSR count). The van der Waals surface area contributed by atoms with E-state index in [0.29, 0.717) is 24.6 Å². The van der Waals surface area contributed by atoms with Crippen molar-refractivity contribution in [1.29, 1.82) is 0 Å². The molecule has 1 heterocycles. The first-order valence-corrected chi connectivity index (χ1v) is 14.1. The number of nitrogens with two attached hydrogens (primary N) is 1. The summed E-state index contributed by atoms with van der Waals surface area (Å²) in [7, 11) is 0. The molecule has 2 aromatic rings. The van der Waals surface area contributed by atoms with Crippen molar-refractivity contribution in [3.05, 3.63) is 70.8 Å². The van der Waals surface area contributed by atoms with E-state index in [4.69, 9.17) is 5.73 Å². The predicted octanol–water partition coefficient (Wildman–Crippen LogP) is 4.33. The molecular formula is C31H42N4O2. The number of nitrogens with one attached hydrogen (secondary N) is 1. The molecular weight excluding hydrogens is 460 g/mol. The topological polar surface area (TPSA) is 78.7 Å². The van der Waals surface area contributed by atoms with Crippen LogP contribution < -0.4 is 11.1 Å². The van der Waals surface area contributed by atoms with E-state index in [9.17, 15) is 9.59 Å². The molecule has 2 aliphatic carbocycles. The summed E-state index contributed by atoms with van der Waals surface area (Å²) >= 11 is 0. The maximum Gasteiger partial charge on any atom is 0.254 e. The Kier molecular flexibility index (Phi) is 7.96. The van der Waals surface area contributed by atoms with Gasteiger partial charge in [0.05, 0.1) is 0 Å². The lowest BCUT2D eigenvalue weighted by atomic mass is 9.90. The van der Waals surface area contributed by atoms with Crippen LogP contribution in [0.1, 0.15) is 78.4 Å². The number of carbonyl (C=O) groups excluding carboxylic acids is 2. The average molecular weight is 503 g/mol. The lowest BCUT2D eigenvalue weighted by Crippen LogP contribution is -2.59. The zero-order chi connectivity index (χ0) is 25.9. The second-order valence-electron chi connectivity index (χ2n) is 11.5. The van der Waals surface area contributed by atoms with Crippen LogP contribution in [0.3, 0.4) is 0 Å². The number of hydrogen-bond acceptors (Lipinski definition) is 4. The number of likely N-dealkylation sites (tertiary alicyclic amines) is 1. The number of nitrogens with zero attached hydrogens (tertiary/aromatic N) is 2. The summed E-state index contributed by atoms with van der Waals surface area (Å²) in [5, 5.41) is 3.31. The Morgan fingerprint density at radius 1 is 0.919 bits per heavy atom. The molecule has 198 valence electrons. The highest BCUT2D eigenvalue weighted by Gasteiger charge is 2.42. The molecule has 2 aromatic carbocycles. The number of piperidine rings is 1. The summed E-state index contributed by atoms with van der Waals surface area (Å²) in [6.45, 7) is 5.70. The Morgan fingerprint density at radius 2 is 1.62 bits per heavy atom. The van der Waals surface area contributed by atoms with Gasteiger partial charge in [-0.25, -0.2) is 0 Å². The first-order chi connectivity index (χ1) is 17.9. The van der Waals surface area contributed by atoms with E-state index >= 15 is 0 Å². The Labute approximate surface area is 221 Å². The van der Waals surface area contributed by atoms with Crippen molar-refractivity contribution >= 4 is 11.8 Å². The van der Waals surface area contributed by atoms with Crippen LogP contribution in [0, 0.1) is 13.8 Å². The van der Waals surface area contributed by atoms with Gasteiger partial charge in [0.1, 0.15) is 6.04 Å². The lowest BCUT2D eigenvalue weighted by molar-refractivity contribution is -0.128. The molecule has 6 nitrogen and oxygen atoms in total. The van der Waals surface area contributed by atoms with E-state index in [2.05, 4.69) is 41.4 Å². The van der Waals surface area contributed by atoms with Crippen LogP contribution in [0.2, 0.25) is 0 Å². The third-order valence-electron chi connectivity index (χ3n) is 8.65. The third kappa shape index (κ3) is 6.24. The van der Waals surface area contributed by atoms with E-state index in [1.165, 1.54) is 24.0 Å². The predicted molar refractivity (Wildman–Crippen MR) is 147 cm³/mol. The van der Waals surface area contributed by atoms with Gasteiger partial charge in [0.2, 0.25) is 5.91 Å². The Balaban J connectivity index is 1.36. The van der Waals surface area contributed by atoms with Gasteiger partial charge in [-0.05, 0) is 88.5 Å². The zero-order valence-corrected chi connectivity index (χ0v) is 22.4. The molecule has 0 spiro atoms. The van der Waals surface area contributed by atoms with Gasteiger partial charge >= 0.3 is 0 Å². The third-order valence-corrected chi connectivity index (χ3v) is 8.65. The van der Waals surface area contributed by atoms with Crippen molar-refractivity contribution in [2.24, 2.45) is 5.73 Å². The Bertz CT molecular complexity index is 1090. The number of amides is 2. The van der Waals surface area contributed by atoms with Crippen LogP contribution in [-0.4, -0.2) is 58.4 Å². The molecule has 2 saturated carbocycles. The van der Waals surface area contributed by atoms with Crippen LogP contribution in [0.5, 0.6) is 0 Å². The highest BCUT2D eigenvalue weighted by atomic mass is 16.2. The molecule has 3 fully saturated rings. The molecule has 2 amide bonds. The number of carbonyl (C=O) groups is 2. The van der Waals surface area contributed by atoms with E-state index in [0.717, 1.165) is 44.2 Å². The van der Waals surface area contributed by atoms with Gasteiger partial charge in [-0.1, -0.05) is 42.0 Å². The highest BCUT2D eigenvalue weighted by molar-refractivity contribution is 5.97. The summed E-state index contributed by atoms with van der Waals surface area (Å²) in [4.78, 5) is 31.9. The van der Waals surface area contributed by atoms with E-state index in [-0.39, 0.29) is 29.9 Å². The summed E-state index contributed by atoms with van der Waals surface area (Å²) < 4.78 is 0. The monoisotopic (exact) mass is 502 g/mol. The van der Waals surface area contributed by atoms with Crippen LogP contribution in [0.25, 0.3) is 0 Å². The molecule has 2 atom stereocenters. The van der Waals surface area contributed by atoms with Crippen molar-refractivity contribution < 1.29 is 9.59 Å².